The molecule has 0 bridgehead atoms. The first-order valence-corrected chi connectivity index (χ1v) is 9.33. The van der Waals surface area contributed by atoms with Crippen LogP contribution in [-0.2, 0) is 9.59 Å². The molecule has 0 spiro atoms. The minimum atomic E-state index is -1.24. The third-order valence-corrected chi connectivity index (χ3v) is 5.45. The maximum Gasteiger partial charge on any atom is 0.266 e. The van der Waals surface area contributed by atoms with Gasteiger partial charge in [-0.25, -0.2) is 0 Å². The van der Waals surface area contributed by atoms with Crippen molar-refractivity contribution in [2.75, 3.05) is 6.54 Å². The van der Waals surface area contributed by atoms with Gasteiger partial charge in [0.15, 0.2) is 0 Å². The van der Waals surface area contributed by atoms with Crippen LogP contribution in [0, 0.1) is 0 Å². The number of aliphatic carboxylic acids is 1. The number of hydrogen-bond donors (Lipinski definition) is 0. The summed E-state index contributed by atoms with van der Waals surface area (Å²) in [5.41, 5.74) is 0.639. The van der Waals surface area contributed by atoms with Crippen molar-refractivity contribution in [2.24, 2.45) is 0 Å². The smallest absolute Gasteiger partial charge is 0.266 e. The van der Waals surface area contributed by atoms with E-state index in [1.807, 2.05) is 0 Å². The molecule has 0 unspecified atom stereocenters. The molecule has 1 aromatic carbocycles. The largest absolute Gasteiger partial charge is 0.550 e. The highest BCUT2D eigenvalue weighted by Crippen LogP contribution is 2.35. The zero-order valence-corrected chi connectivity index (χ0v) is 16.2. The number of benzene rings is 1. The Kier molecular flexibility index (Phi) is 5.72. The first-order valence-electron chi connectivity index (χ1n) is 7.35. The Morgan fingerprint density at radius 3 is 2.81 bits per heavy atom. The molecule has 3 rings (SSSR count). The van der Waals surface area contributed by atoms with Gasteiger partial charge >= 0.3 is 0 Å². The second-order valence-corrected chi connectivity index (χ2v) is 7.80. The first-order chi connectivity index (χ1) is 12.3. The predicted molar refractivity (Wildman–Crippen MR) is 104 cm³/mol. The summed E-state index contributed by atoms with van der Waals surface area (Å²) in [6.45, 7) is -0.0220. The molecule has 0 aliphatic carbocycles. The van der Waals surface area contributed by atoms with Gasteiger partial charge in [0.05, 0.1) is 9.93 Å². The molecule has 2 heterocycles. The molecular weight excluding hydrogens is 417 g/mol. The lowest BCUT2D eigenvalue weighted by Gasteiger charge is -2.14. The van der Waals surface area contributed by atoms with Gasteiger partial charge in [-0.15, -0.1) is 0 Å². The van der Waals surface area contributed by atoms with Crippen molar-refractivity contribution >= 4 is 69.5 Å². The second-order valence-electron chi connectivity index (χ2n) is 5.28. The van der Waals surface area contributed by atoms with E-state index < -0.39 is 5.97 Å². The maximum absolute atomic E-state index is 12.4. The van der Waals surface area contributed by atoms with E-state index in [2.05, 4.69) is 0 Å². The first kappa shape index (κ1) is 19.0. The van der Waals surface area contributed by atoms with Crippen LogP contribution in [0.3, 0.4) is 0 Å². The van der Waals surface area contributed by atoms with Crippen LogP contribution in [0.15, 0.2) is 39.7 Å². The number of nitrogens with zero attached hydrogens (tertiary/aromatic N) is 1. The molecule has 1 aliphatic rings. The van der Waals surface area contributed by atoms with E-state index in [1.165, 1.54) is 4.90 Å². The van der Waals surface area contributed by atoms with Crippen LogP contribution in [0.5, 0.6) is 0 Å². The van der Waals surface area contributed by atoms with E-state index in [9.17, 15) is 14.7 Å². The predicted octanol–water partition coefficient (Wildman–Crippen LogP) is 3.59. The molecule has 1 fully saturated rings. The summed E-state index contributed by atoms with van der Waals surface area (Å²) in [5, 5.41) is 11.6. The molecule has 5 nitrogen and oxygen atoms in total. The summed E-state index contributed by atoms with van der Waals surface area (Å²) < 4.78 is 6.03. The van der Waals surface area contributed by atoms with Crippen LogP contribution in [-0.4, -0.2) is 27.6 Å². The molecule has 0 saturated carbocycles. The van der Waals surface area contributed by atoms with Crippen LogP contribution in [0.25, 0.3) is 17.4 Å². The molecule has 0 N–H and O–H groups in total. The van der Waals surface area contributed by atoms with Crippen molar-refractivity contribution < 1.29 is 19.1 Å². The van der Waals surface area contributed by atoms with Crippen molar-refractivity contribution in [3.8, 4) is 11.3 Å². The van der Waals surface area contributed by atoms with Gasteiger partial charge in [0, 0.05) is 35.6 Å². The number of amides is 1. The summed E-state index contributed by atoms with van der Waals surface area (Å²) in [6, 6.07) is 8.45. The number of thiocarbonyl (C=S) groups is 1. The number of hydrogen-bond acceptors (Lipinski definition) is 6. The molecule has 134 valence electrons. The molecule has 0 radical (unpaired) electrons. The zero-order chi connectivity index (χ0) is 18.8. The average Bonchev–Trinajstić information content (AvgIpc) is 3.14. The highest BCUT2D eigenvalue weighted by Gasteiger charge is 2.31. The Morgan fingerprint density at radius 1 is 1.31 bits per heavy atom. The number of thioether (sulfide) groups is 1. The second kappa shape index (κ2) is 7.84. The number of carboxylic acid groups (broad SMARTS) is 1. The zero-order valence-electron chi connectivity index (χ0n) is 13.0. The minimum Gasteiger partial charge on any atom is -0.550 e. The van der Waals surface area contributed by atoms with Crippen molar-refractivity contribution in [2.45, 2.75) is 6.42 Å². The van der Waals surface area contributed by atoms with Crippen molar-refractivity contribution in [3.05, 3.63) is 51.0 Å². The fraction of sp³-hybridized carbons (Fsp3) is 0.118. The fourth-order valence-corrected chi connectivity index (χ4v) is 3.96. The van der Waals surface area contributed by atoms with Gasteiger partial charge in [-0.1, -0.05) is 47.2 Å². The van der Waals surface area contributed by atoms with Gasteiger partial charge in [-0.05, 0) is 30.3 Å². The average molecular weight is 427 g/mol. The monoisotopic (exact) mass is 426 g/mol. The standard InChI is InChI=1S/C17H11Cl2NO4S2/c18-9-1-3-12(19)11(7-9)13-4-2-10(24-13)8-14-16(23)20(17(25)26-14)6-5-15(21)22/h1-4,7-8H,5-6H2,(H,21,22)/p-1/b14-8+. The Morgan fingerprint density at radius 2 is 2.08 bits per heavy atom. The maximum atomic E-state index is 12.4. The van der Waals surface area contributed by atoms with Crippen LogP contribution in [0.2, 0.25) is 10.0 Å². The van der Waals surface area contributed by atoms with E-state index in [-0.39, 0.29) is 18.9 Å². The summed E-state index contributed by atoms with van der Waals surface area (Å²) in [7, 11) is 0. The fourth-order valence-electron chi connectivity index (χ4n) is 2.29. The third kappa shape index (κ3) is 4.12. The van der Waals surface area contributed by atoms with E-state index >= 15 is 0 Å². The van der Waals surface area contributed by atoms with Crippen molar-refractivity contribution in [3.63, 3.8) is 0 Å². The highest BCUT2D eigenvalue weighted by molar-refractivity contribution is 8.26. The van der Waals surface area contributed by atoms with Crippen LogP contribution < -0.4 is 5.11 Å². The number of carbonyl (C=O) groups excluding carboxylic acids is 2. The normalized spacial score (nSPS) is 15.9. The number of halogens is 2. The molecule has 1 aromatic heterocycles. The van der Waals surface area contributed by atoms with Crippen molar-refractivity contribution in [1.29, 1.82) is 0 Å². The van der Waals surface area contributed by atoms with Crippen LogP contribution >= 0.6 is 47.2 Å². The summed E-state index contributed by atoms with van der Waals surface area (Å²) >= 11 is 18.4. The Hall–Kier alpha value is -1.80. The quantitative estimate of drug-likeness (QED) is 0.537. The summed E-state index contributed by atoms with van der Waals surface area (Å²) in [5.74, 6) is -0.648. The molecule has 1 aliphatic heterocycles. The van der Waals surface area contributed by atoms with Crippen molar-refractivity contribution in [1.82, 2.24) is 4.90 Å². The highest BCUT2D eigenvalue weighted by atomic mass is 35.5. The number of furan rings is 1. The van der Waals surface area contributed by atoms with Crippen LogP contribution in [0.1, 0.15) is 12.2 Å². The molecular formula is C17H10Cl2NO4S2-. The lowest BCUT2D eigenvalue weighted by Crippen LogP contribution is -2.33. The Bertz CT molecular complexity index is 939. The van der Waals surface area contributed by atoms with Gasteiger partial charge in [-0.2, -0.15) is 0 Å². The molecule has 1 saturated heterocycles. The van der Waals surface area contributed by atoms with E-state index in [0.29, 0.717) is 36.4 Å². The molecule has 0 atom stereocenters. The number of carbonyl (C=O) groups is 2. The topological polar surface area (TPSA) is 73.6 Å². The summed E-state index contributed by atoms with van der Waals surface area (Å²) in [6.07, 6.45) is 1.28. The Balaban J connectivity index is 1.82. The lowest BCUT2D eigenvalue weighted by atomic mass is 10.2. The number of carboxylic acids is 1. The van der Waals surface area contributed by atoms with Gasteiger partial charge < -0.3 is 14.3 Å². The van der Waals surface area contributed by atoms with Gasteiger partial charge in [0.2, 0.25) is 0 Å². The lowest BCUT2D eigenvalue weighted by molar-refractivity contribution is -0.305. The van der Waals surface area contributed by atoms with Crippen LogP contribution in [0.4, 0.5) is 0 Å². The molecule has 26 heavy (non-hydrogen) atoms. The van der Waals surface area contributed by atoms with E-state index in [1.54, 1.807) is 36.4 Å². The van der Waals surface area contributed by atoms with E-state index in [4.69, 9.17) is 39.8 Å². The molecule has 1 amide bonds. The van der Waals surface area contributed by atoms with Gasteiger partial charge in [0.1, 0.15) is 15.8 Å². The summed E-state index contributed by atoms with van der Waals surface area (Å²) in [4.78, 5) is 24.5. The minimum absolute atomic E-state index is 0.0220. The SMILES string of the molecule is O=C([O-])CCN1C(=O)/C(=C\c2ccc(-c3cc(Cl)ccc3Cl)o2)SC1=S. The molecule has 9 heteroatoms. The Labute approximate surface area is 168 Å². The number of rotatable bonds is 5. The van der Waals surface area contributed by atoms with E-state index in [0.717, 1.165) is 11.8 Å². The van der Waals surface area contributed by atoms with Gasteiger partial charge in [0.25, 0.3) is 5.91 Å². The molecule has 2 aromatic rings. The van der Waals surface area contributed by atoms with Gasteiger partial charge in [-0.3, -0.25) is 9.69 Å². The third-order valence-electron chi connectivity index (χ3n) is 3.51.